The Kier molecular flexibility index (Phi) is 2.43. The number of aromatic nitrogens is 2. The van der Waals surface area contributed by atoms with Crippen molar-refractivity contribution in [2.45, 2.75) is 26.6 Å². The predicted octanol–water partition coefficient (Wildman–Crippen LogP) is 1.68. The number of imidazole rings is 1. The molecule has 0 aliphatic carbocycles. The Morgan fingerprint density at radius 3 is 3.07 bits per heavy atom. The normalized spacial score (nSPS) is 11.4. The quantitative estimate of drug-likeness (QED) is 0.842. The molecule has 0 aromatic carbocycles. The Bertz CT molecular complexity index is 433. The van der Waals surface area contributed by atoms with Crippen LogP contribution >= 0.6 is 11.3 Å². The van der Waals surface area contributed by atoms with Gasteiger partial charge in [0.25, 0.3) is 0 Å². The van der Waals surface area contributed by atoms with Gasteiger partial charge in [0.1, 0.15) is 5.69 Å². The Morgan fingerprint density at radius 1 is 1.64 bits per heavy atom. The number of fused-ring (bicyclic) bond motifs is 1. The van der Waals surface area contributed by atoms with E-state index in [0.29, 0.717) is 5.88 Å². The average molecular weight is 212 g/mol. The SMILES string of the molecule is CC(C)Oc1nc2sccn2c1CO. The molecule has 0 fully saturated rings. The number of nitrogens with zero attached hydrogens (tertiary/aromatic N) is 2. The Morgan fingerprint density at radius 2 is 2.43 bits per heavy atom. The molecule has 0 aliphatic heterocycles. The monoisotopic (exact) mass is 212 g/mol. The molecule has 5 heteroatoms. The van der Waals surface area contributed by atoms with Crippen LogP contribution in [0.25, 0.3) is 4.96 Å². The molecule has 1 N–H and O–H groups in total. The number of aliphatic hydroxyl groups excluding tert-OH is 1. The minimum Gasteiger partial charge on any atom is -0.474 e. The lowest BCUT2D eigenvalue weighted by atomic mass is 10.4. The maximum Gasteiger partial charge on any atom is 0.239 e. The maximum atomic E-state index is 9.20. The molecule has 0 radical (unpaired) electrons. The second-order valence-electron chi connectivity index (χ2n) is 3.24. The van der Waals surface area contributed by atoms with Crippen molar-refractivity contribution >= 4 is 16.3 Å². The van der Waals surface area contributed by atoms with Crippen LogP contribution < -0.4 is 4.74 Å². The lowest BCUT2D eigenvalue weighted by molar-refractivity contribution is 0.216. The number of aliphatic hydroxyl groups is 1. The number of rotatable bonds is 3. The second kappa shape index (κ2) is 3.59. The first-order valence-corrected chi connectivity index (χ1v) is 5.32. The van der Waals surface area contributed by atoms with Crippen molar-refractivity contribution in [2.75, 3.05) is 0 Å². The molecule has 14 heavy (non-hydrogen) atoms. The van der Waals surface area contributed by atoms with E-state index in [1.54, 1.807) is 0 Å². The van der Waals surface area contributed by atoms with Crippen molar-refractivity contribution in [3.8, 4) is 5.88 Å². The van der Waals surface area contributed by atoms with Crippen LogP contribution in [0.2, 0.25) is 0 Å². The van der Waals surface area contributed by atoms with Gasteiger partial charge in [-0.05, 0) is 13.8 Å². The van der Waals surface area contributed by atoms with Crippen LogP contribution in [0.1, 0.15) is 19.5 Å². The Hall–Kier alpha value is -1.07. The molecule has 0 aliphatic rings. The Labute approximate surface area is 85.8 Å². The van der Waals surface area contributed by atoms with Crippen LogP contribution in [0.15, 0.2) is 11.6 Å². The van der Waals surface area contributed by atoms with Crippen LogP contribution in [-0.2, 0) is 6.61 Å². The van der Waals surface area contributed by atoms with E-state index in [4.69, 9.17) is 4.74 Å². The predicted molar refractivity (Wildman–Crippen MR) is 54.8 cm³/mol. The van der Waals surface area contributed by atoms with Gasteiger partial charge >= 0.3 is 0 Å². The lowest BCUT2D eigenvalue weighted by Crippen LogP contribution is -2.07. The number of thiazole rings is 1. The highest BCUT2D eigenvalue weighted by Crippen LogP contribution is 2.23. The van der Waals surface area contributed by atoms with Crippen LogP contribution in [0.4, 0.5) is 0 Å². The van der Waals surface area contributed by atoms with E-state index in [1.807, 2.05) is 29.8 Å². The summed E-state index contributed by atoms with van der Waals surface area (Å²) < 4.78 is 7.34. The van der Waals surface area contributed by atoms with Crippen LogP contribution in [-0.4, -0.2) is 20.6 Å². The molecule has 4 nitrogen and oxygen atoms in total. The highest BCUT2D eigenvalue weighted by Gasteiger charge is 2.14. The van der Waals surface area contributed by atoms with Gasteiger partial charge in [-0.2, -0.15) is 4.98 Å². The van der Waals surface area contributed by atoms with Gasteiger partial charge in [0, 0.05) is 11.6 Å². The van der Waals surface area contributed by atoms with E-state index in [-0.39, 0.29) is 12.7 Å². The standard InChI is InChI=1S/C9H12N2O2S/c1-6(2)13-8-7(5-12)11-3-4-14-9(11)10-8/h3-4,6,12H,5H2,1-2H3. The molecule has 2 aromatic rings. The zero-order valence-electron chi connectivity index (χ0n) is 8.10. The first-order chi connectivity index (χ1) is 6.72. The van der Waals surface area contributed by atoms with Crippen molar-refractivity contribution in [3.63, 3.8) is 0 Å². The summed E-state index contributed by atoms with van der Waals surface area (Å²) in [5.41, 5.74) is 0.718. The topological polar surface area (TPSA) is 46.8 Å². The summed E-state index contributed by atoms with van der Waals surface area (Å²) in [6, 6.07) is 0. The van der Waals surface area contributed by atoms with Crippen LogP contribution in [0.5, 0.6) is 5.88 Å². The van der Waals surface area contributed by atoms with Gasteiger partial charge in [-0.25, -0.2) is 0 Å². The lowest BCUT2D eigenvalue weighted by Gasteiger charge is -2.07. The molecule has 76 valence electrons. The van der Waals surface area contributed by atoms with Crippen molar-refractivity contribution in [1.82, 2.24) is 9.38 Å². The van der Waals surface area contributed by atoms with Crippen molar-refractivity contribution in [2.24, 2.45) is 0 Å². The van der Waals surface area contributed by atoms with Crippen molar-refractivity contribution in [3.05, 3.63) is 17.3 Å². The summed E-state index contributed by atoms with van der Waals surface area (Å²) in [6.45, 7) is 3.82. The van der Waals surface area contributed by atoms with Crippen LogP contribution in [0, 0.1) is 0 Å². The molecule has 0 spiro atoms. The fraction of sp³-hybridized carbons (Fsp3) is 0.444. The van der Waals surface area contributed by atoms with Crippen LogP contribution in [0.3, 0.4) is 0 Å². The fourth-order valence-electron chi connectivity index (χ4n) is 1.27. The molecular weight excluding hydrogens is 200 g/mol. The van der Waals surface area contributed by atoms with E-state index in [0.717, 1.165) is 10.7 Å². The first kappa shape index (κ1) is 9.48. The summed E-state index contributed by atoms with van der Waals surface area (Å²) in [6.07, 6.45) is 1.95. The molecular formula is C9H12N2O2S. The summed E-state index contributed by atoms with van der Waals surface area (Å²) in [5, 5.41) is 11.1. The molecule has 0 amide bonds. The van der Waals surface area contributed by atoms with E-state index in [2.05, 4.69) is 4.98 Å². The minimum atomic E-state index is -0.0556. The summed E-state index contributed by atoms with van der Waals surface area (Å²) in [7, 11) is 0. The third-order valence-electron chi connectivity index (χ3n) is 1.82. The molecule has 0 atom stereocenters. The zero-order valence-corrected chi connectivity index (χ0v) is 8.91. The largest absolute Gasteiger partial charge is 0.474 e. The second-order valence-corrected chi connectivity index (χ2v) is 4.12. The van der Waals surface area contributed by atoms with Gasteiger partial charge in [-0.15, -0.1) is 11.3 Å². The number of hydrogen-bond donors (Lipinski definition) is 1. The maximum absolute atomic E-state index is 9.20. The van der Waals surface area contributed by atoms with Gasteiger partial charge in [-0.1, -0.05) is 0 Å². The van der Waals surface area contributed by atoms with E-state index < -0.39 is 0 Å². The third kappa shape index (κ3) is 1.49. The van der Waals surface area contributed by atoms with Gasteiger partial charge < -0.3 is 9.84 Å². The molecule has 0 unspecified atom stereocenters. The van der Waals surface area contributed by atoms with Gasteiger partial charge in [0.15, 0.2) is 4.96 Å². The number of hydrogen-bond acceptors (Lipinski definition) is 4. The molecule has 2 heterocycles. The first-order valence-electron chi connectivity index (χ1n) is 4.44. The average Bonchev–Trinajstić information content (AvgIpc) is 2.62. The van der Waals surface area contributed by atoms with E-state index >= 15 is 0 Å². The zero-order chi connectivity index (χ0) is 10.1. The Balaban J connectivity index is 2.47. The molecule has 0 saturated carbocycles. The van der Waals surface area contributed by atoms with Gasteiger partial charge in [0.05, 0.1) is 12.7 Å². The van der Waals surface area contributed by atoms with E-state index in [1.165, 1.54) is 11.3 Å². The molecule has 2 rings (SSSR count). The molecule has 0 saturated heterocycles. The molecule has 2 aromatic heterocycles. The summed E-state index contributed by atoms with van der Waals surface area (Å²) in [4.78, 5) is 5.13. The van der Waals surface area contributed by atoms with Gasteiger partial charge in [0.2, 0.25) is 5.88 Å². The molecule has 0 bridgehead atoms. The van der Waals surface area contributed by atoms with E-state index in [9.17, 15) is 5.11 Å². The van der Waals surface area contributed by atoms with Gasteiger partial charge in [-0.3, -0.25) is 4.40 Å². The smallest absolute Gasteiger partial charge is 0.239 e. The fourth-order valence-corrected chi connectivity index (χ4v) is 2.00. The third-order valence-corrected chi connectivity index (χ3v) is 2.58. The number of ether oxygens (including phenoxy) is 1. The minimum absolute atomic E-state index is 0.0556. The highest BCUT2D eigenvalue weighted by atomic mass is 32.1. The summed E-state index contributed by atoms with van der Waals surface area (Å²) in [5.74, 6) is 0.536. The highest BCUT2D eigenvalue weighted by molar-refractivity contribution is 7.15. The van der Waals surface area contributed by atoms with Crippen molar-refractivity contribution in [1.29, 1.82) is 0 Å². The summed E-state index contributed by atoms with van der Waals surface area (Å²) >= 11 is 1.53. The van der Waals surface area contributed by atoms with Crippen molar-refractivity contribution < 1.29 is 9.84 Å².